The van der Waals surface area contributed by atoms with E-state index in [-0.39, 0.29) is 0 Å². The number of aromatic amines is 1. The highest BCUT2D eigenvalue weighted by Crippen LogP contribution is 2.08. The van der Waals surface area contributed by atoms with E-state index in [1.165, 1.54) is 0 Å². The van der Waals surface area contributed by atoms with E-state index in [4.69, 9.17) is 23.2 Å². The first-order valence-corrected chi connectivity index (χ1v) is 3.93. The zero-order valence-corrected chi connectivity index (χ0v) is 7.21. The van der Waals surface area contributed by atoms with Gasteiger partial charge in [-0.1, -0.05) is 23.2 Å². The van der Waals surface area contributed by atoms with Crippen molar-refractivity contribution in [3.8, 4) is 0 Å². The van der Waals surface area contributed by atoms with Crippen LogP contribution in [0.25, 0.3) is 0 Å². The first-order valence-electron chi connectivity index (χ1n) is 3.18. The highest BCUT2D eigenvalue weighted by molar-refractivity contribution is 6.32. The van der Waals surface area contributed by atoms with Crippen LogP contribution in [0.3, 0.4) is 0 Å². The average Bonchev–Trinajstić information content (AvgIpc) is 2.13. The second kappa shape index (κ2) is 3.26. The fourth-order valence-electron chi connectivity index (χ4n) is 0.783. The fourth-order valence-corrected chi connectivity index (χ4v) is 1.28. The highest BCUT2D eigenvalue weighted by Gasteiger charge is 2.10. The van der Waals surface area contributed by atoms with E-state index in [2.05, 4.69) is 12.0 Å². The molecule has 0 aliphatic heterocycles. The molecule has 4 heteroatoms. The standard InChI is InChI=1S/C6H8Cl2N2/c1-2-3-10-6(8)4-5(7)9-10/h4H,2-3H2,1H3/p+1. The van der Waals surface area contributed by atoms with Crippen LogP contribution in [0.15, 0.2) is 6.07 Å². The lowest BCUT2D eigenvalue weighted by Crippen LogP contribution is -2.35. The summed E-state index contributed by atoms with van der Waals surface area (Å²) in [5.74, 6) is 0. The van der Waals surface area contributed by atoms with E-state index >= 15 is 0 Å². The minimum Gasteiger partial charge on any atom is -0.153 e. The Hall–Kier alpha value is -0.210. The van der Waals surface area contributed by atoms with Crippen LogP contribution < -0.4 is 4.68 Å². The number of H-pyrrole nitrogens is 1. The van der Waals surface area contributed by atoms with Crippen molar-refractivity contribution in [2.24, 2.45) is 0 Å². The number of nitrogens with zero attached hydrogens (tertiary/aromatic N) is 1. The van der Waals surface area contributed by atoms with Gasteiger partial charge in [-0.2, -0.15) is 5.10 Å². The fraction of sp³-hybridized carbons (Fsp3) is 0.500. The van der Waals surface area contributed by atoms with Crippen LogP contribution in [-0.2, 0) is 6.54 Å². The second-order valence-corrected chi connectivity index (χ2v) is 2.87. The van der Waals surface area contributed by atoms with E-state index in [0.29, 0.717) is 10.3 Å². The summed E-state index contributed by atoms with van der Waals surface area (Å²) in [5.41, 5.74) is 0. The molecule has 56 valence electrons. The molecule has 0 saturated carbocycles. The smallest absolute Gasteiger partial charge is 0.153 e. The first kappa shape index (κ1) is 7.89. The lowest BCUT2D eigenvalue weighted by Gasteiger charge is -1.85. The molecule has 0 fully saturated rings. The van der Waals surface area contributed by atoms with E-state index in [1.807, 2.05) is 4.68 Å². The number of nitrogens with one attached hydrogen (secondary N) is 1. The highest BCUT2D eigenvalue weighted by atomic mass is 35.5. The molecule has 0 radical (unpaired) electrons. The normalized spacial score (nSPS) is 10.3. The SMILES string of the molecule is CCC[n+]1[nH]c(Cl)cc1Cl. The Morgan fingerprint density at radius 2 is 2.30 bits per heavy atom. The number of aryl methyl sites for hydroxylation is 1. The molecule has 1 heterocycles. The molecule has 0 unspecified atom stereocenters. The van der Waals surface area contributed by atoms with Crippen LogP contribution in [0.5, 0.6) is 0 Å². The number of hydrogen-bond donors (Lipinski definition) is 1. The monoisotopic (exact) mass is 179 g/mol. The third-order valence-corrected chi connectivity index (χ3v) is 1.70. The van der Waals surface area contributed by atoms with Gasteiger partial charge in [-0.15, -0.1) is 0 Å². The molecule has 1 rings (SSSR count). The van der Waals surface area contributed by atoms with Crippen molar-refractivity contribution in [2.75, 3.05) is 0 Å². The molecule has 10 heavy (non-hydrogen) atoms. The van der Waals surface area contributed by atoms with E-state index < -0.39 is 0 Å². The van der Waals surface area contributed by atoms with Gasteiger partial charge in [-0.05, 0) is 11.6 Å². The topological polar surface area (TPSA) is 19.7 Å². The zero-order chi connectivity index (χ0) is 7.56. The molecular formula is C6H9Cl2N2+. The molecule has 1 aromatic heterocycles. The molecule has 0 aromatic carbocycles. The van der Waals surface area contributed by atoms with Crippen molar-refractivity contribution in [2.45, 2.75) is 19.9 Å². The molecule has 1 aromatic rings. The summed E-state index contributed by atoms with van der Waals surface area (Å²) in [6, 6.07) is 1.69. The average molecular weight is 180 g/mol. The van der Waals surface area contributed by atoms with Gasteiger partial charge in [0.05, 0.1) is 6.07 Å². The van der Waals surface area contributed by atoms with Crippen molar-refractivity contribution in [1.82, 2.24) is 5.10 Å². The summed E-state index contributed by atoms with van der Waals surface area (Å²) in [7, 11) is 0. The lowest BCUT2D eigenvalue weighted by atomic mass is 10.5. The van der Waals surface area contributed by atoms with Gasteiger partial charge in [-0.3, -0.25) is 0 Å². The van der Waals surface area contributed by atoms with Gasteiger partial charge in [0.1, 0.15) is 0 Å². The minimum absolute atomic E-state index is 0.582. The quantitative estimate of drug-likeness (QED) is 0.671. The predicted octanol–water partition coefficient (Wildman–Crippen LogP) is 2.02. The molecular weight excluding hydrogens is 171 g/mol. The van der Waals surface area contributed by atoms with Crippen molar-refractivity contribution < 1.29 is 4.68 Å². The number of rotatable bonds is 2. The third-order valence-electron chi connectivity index (χ3n) is 1.19. The lowest BCUT2D eigenvalue weighted by molar-refractivity contribution is -0.747. The Bertz CT molecular complexity index is 220. The molecule has 0 aliphatic rings. The van der Waals surface area contributed by atoms with Gasteiger partial charge in [0.25, 0.3) is 0 Å². The van der Waals surface area contributed by atoms with Crippen LogP contribution in [0, 0.1) is 0 Å². The molecule has 0 atom stereocenters. The number of aromatic nitrogens is 2. The van der Waals surface area contributed by atoms with Crippen molar-refractivity contribution >= 4 is 23.2 Å². The second-order valence-electron chi connectivity index (χ2n) is 2.08. The summed E-state index contributed by atoms with van der Waals surface area (Å²) in [6.45, 7) is 2.96. The van der Waals surface area contributed by atoms with Crippen LogP contribution in [0.4, 0.5) is 0 Å². The van der Waals surface area contributed by atoms with Crippen LogP contribution >= 0.6 is 23.2 Å². The predicted molar refractivity (Wildman–Crippen MR) is 41.3 cm³/mol. The molecule has 0 amide bonds. The molecule has 0 saturated heterocycles. The maximum absolute atomic E-state index is 5.77. The van der Waals surface area contributed by atoms with Gasteiger partial charge < -0.3 is 0 Å². The first-order chi connectivity index (χ1) is 4.74. The van der Waals surface area contributed by atoms with Crippen LogP contribution in [-0.4, -0.2) is 5.10 Å². The Balaban J connectivity index is 2.81. The van der Waals surface area contributed by atoms with Crippen molar-refractivity contribution in [3.63, 3.8) is 0 Å². The van der Waals surface area contributed by atoms with Gasteiger partial charge in [-0.25, -0.2) is 0 Å². The van der Waals surface area contributed by atoms with Crippen molar-refractivity contribution in [3.05, 3.63) is 16.4 Å². The minimum atomic E-state index is 0.582. The maximum Gasteiger partial charge on any atom is 0.301 e. The number of halogens is 2. The van der Waals surface area contributed by atoms with E-state index in [0.717, 1.165) is 13.0 Å². The Labute approximate surface area is 69.7 Å². The molecule has 0 spiro atoms. The van der Waals surface area contributed by atoms with Gasteiger partial charge in [0.15, 0.2) is 11.7 Å². The number of hydrogen-bond acceptors (Lipinski definition) is 0. The van der Waals surface area contributed by atoms with Gasteiger partial charge in [0, 0.05) is 6.42 Å². The van der Waals surface area contributed by atoms with Crippen molar-refractivity contribution in [1.29, 1.82) is 0 Å². The van der Waals surface area contributed by atoms with Crippen LogP contribution in [0.2, 0.25) is 10.3 Å². The van der Waals surface area contributed by atoms with Gasteiger partial charge in [0.2, 0.25) is 0 Å². The van der Waals surface area contributed by atoms with E-state index in [1.54, 1.807) is 6.07 Å². The maximum atomic E-state index is 5.77. The summed E-state index contributed by atoms with van der Waals surface area (Å²) in [4.78, 5) is 0. The molecule has 2 nitrogen and oxygen atoms in total. The van der Waals surface area contributed by atoms with Crippen LogP contribution in [0.1, 0.15) is 13.3 Å². The molecule has 0 bridgehead atoms. The largest absolute Gasteiger partial charge is 0.301 e. The zero-order valence-electron chi connectivity index (χ0n) is 5.69. The Kier molecular flexibility index (Phi) is 2.57. The molecule has 0 aliphatic carbocycles. The summed E-state index contributed by atoms with van der Waals surface area (Å²) in [6.07, 6.45) is 1.04. The van der Waals surface area contributed by atoms with E-state index in [9.17, 15) is 0 Å². The Morgan fingerprint density at radius 3 is 2.70 bits per heavy atom. The molecule has 1 N–H and O–H groups in total. The Morgan fingerprint density at radius 1 is 1.60 bits per heavy atom. The third kappa shape index (κ3) is 1.64. The van der Waals surface area contributed by atoms with Gasteiger partial charge >= 0.3 is 5.15 Å². The summed E-state index contributed by atoms with van der Waals surface area (Å²) >= 11 is 11.4. The summed E-state index contributed by atoms with van der Waals surface area (Å²) in [5, 5.41) is 4.14. The summed E-state index contributed by atoms with van der Waals surface area (Å²) < 4.78 is 1.81.